The first-order valence-corrected chi connectivity index (χ1v) is 7.33. The van der Waals surface area contributed by atoms with Crippen molar-refractivity contribution in [3.05, 3.63) is 42.1 Å². The minimum absolute atomic E-state index is 0.203. The van der Waals surface area contributed by atoms with Gasteiger partial charge in [0.2, 0.25) is 0 Å². The molecule has 1 aromatic carbocycles. The summed E-state index contributed by atoms with van der Waals surface area (Å²) in [5.74, 6) is 0. The lowest BCUT2D eigenvalue weighted by atomic mass is 9.93. The standard InChI is InChI=1S/C16H20N2O4/c19-9-13-15(21)16(22)14(20)8-18(13)7-10-3-4-12-11(6-10)2-1-5-17-12/h1-6,13-16,19-22H,7-9H2. The van der Waals surface area contributed by atoms with E-state index in [-0.39, 0.29) is 13.2 Å². The van der Waals surface area contributed by atoms with Crippen LogP contribution in [0.25, 0.3) is 10.9 Å². The van der Waals surface area contributed by atoms with Crippen molar-refractivity contribution < 1.29 is 20.4 Å². The highest BCUT2D eigenvalue weighted by atomic mass is 16.4. The van der Waals surface area contributed by atoms with Crippen LogP contribution in [0, 0.1) is 0 Å². The molecule has 4 atom stereocenters. The van der Waals surface area contributed by atoms with Gasteiger partial charge in [-0.3, -0.25) is 9.88 Å². The fraction of sp³-hybridized carbons (Fsp3) is 0.438. The molecule has 0 aliphatic carbocycles. The molecule has 0 spiro atoms. The molecular weight excluding hydrogens is 284 g/mol. The van der Waals surface area contributed by atoms with Crippen LogP contribution in [0.3, 0.4) is 0 Å². The Labute approximate surface area is 128 Å². The Morgan fingerprint density at radius 2 is 1.95 bits per heavy atom. The number of piperidine rings is 1. The van der Waals surface area contributed by atoms with E-state index in [9.17, 15) is 20.4 Å². The van der Waals surface area contributed by atoms with E-state index in [1.165, 1.54) is 0 Å². The summed E-state index contributed by atoms with van der Waals surface area (Å²) in [4.78, 5) is 6.06. The highest BCUT2D eigenvalue weighted by molar-refractivity contribution is 5.78. The number of likely N-dealkylation sites (tertiary alicyclic amines) is 1. The largest absolute Gasteiger partial charge is 0.395 e. The Hall–Kier alpha value is -1.57. The van der Waals surface area contributed by atoms with Crippen LogP contribution in [0.2, 0.25) is 0 Å². The van der Waals surface area contributed by atoms with Crippen LogP contribution in [0.1, 0.15) is 5.56 Å². The van der Waals surface area contributed by atoms with E-state index in [0.717, 1.165) is 16.5 Å². The van der Waals surface area contributed by atoms with Gasteiger partial charge in [0.15, 0.2) is 0 Å². The molecule has 0 amide bonds. The molecule has 1 saturated heterocycles. The summed E-state index contributed by atoms with van der Waals surface area (Å²) in [6.07, 6.45) is -1.69. The Kier molecular flexibility index (Phi) is 4.37. The SMILES string of the molecule is OCC1C(O)C(O)C(O)CN1Cc1ccc2ncccc2c1. The van der Waals surface area contributed by atoms with E-state index in [1.807, 2.05) is 30.3 Å². The number of aromatic nitrogens is 1. The van der Waals surface area contributed by atoms with E-state index in [2.05, 4.69) is 4.98 Å². The molecule has 2 aromatic rings. The van der Waals surface area contributed by atoms with Gasteiger partial charge in [-0.1, -0.05) is 12.1 Å². The first-order chi connectivity index (χ1) is 10.6. The normalized spacial score (nSPS) is 29.8. The van der Waals surface area contributed by atoms with E-state index in [0.29, 0.717) is 6.54 Å². The van der Waals surface area contributed by atoms with Gasteiger partial charge in [-0.25, -0.2) is 0 Å². The lowest BCUT2D eigenvalue weighted by molar-refractivity contribution is -0.147. The molecule has 6 heteroatoms. The molecule has 0 saturated carbocycles. The van der Waals surface area contributed by atoms with Gasteiger partial charge in [-0.15, -0.1) is 0 Å². The van der Waals surface area contributed by atoms with Crippen molar-refractivity contribution in [3.8, 4) is 0 Å². The third-order valence-electron chi connectivity index (χ3n) is 4.27. The predicted molar refractivity (Wildman–Crippen MR) is 81.0 cm³/mol. The van der Waals surface area contributed by atoms with E-state index in [1.54, 1.807) is 11.1 Å². The Morgan fingerprint density at radius 1 is 1.14 bits per heavy atom. The maximum Gasteiger partial charge on any atom is 0.109 e. The zero-order valence-electron chi connectivity index (χ0n) is 12.1. The third kappa shape index (κ3) is 2.84. The lowest BCUT2D eigenvalue weighted by Gasteiger charge is -2.43. The number of aliphatic hydroxyl groups is 4. The fourth-order valence-electron chi connectivity index (χ4n) is 3.02. The number of aliphatic hydroxyl groups excluding tert-OH is 4. The van der Waals surface area contributed by atoms with Gasteiger partial charge < -0.3 is 20.4 Å². The highest BCUT2D eigenvalue weighted by Gasteiger charge is 2.40. The molecule has 1 aliphatic rings. The quantitative estimate of drug-likeness (QED) is 0.610. The van der Waals surface area contributed by atoms with Crippen molar-refractivity contribution in [2.45, 2.75) is 30.9 Å². The van der Waals surface area contributed by atoms with Crippen LogP contribution in [0.4, 0.5) is 0 Å². The highest BCUT2D eigenvalue weighted by Crippen LogP contribution is 2.22. The summed E-state index contributed by atoms with van der Waals surface area (Å²) in [7, 11) is 0. The molecule has 0 bridgehead atoms. The van der Waals surface area contributed by atoms with Crippen molar-refractivity contribution in [2.24, 2.45) is 0 Å². The first kappa shape index (κ1) is 15.3. The van der Waals surface area contributed by atoms with Crippen LogP contribution in [-0.2, 0) is 6.54 Å². The van der Waals surface area contributed by atoms with E-state index in [4.69, 9.17) is 0 Å². The molecular formula is C16H20N2O4. The second kappa shape index (κ2) is 6.28. The van der Waals surface area contributed by atoms with Crippen molar-refractivity contribution in [1.29, 1.82) is 0 Å². The summed E-state index contributed by atoms with van der Waals surface area (Å²) in [6.45, 7) is 0.394. The average molecular weight is 304 g/mol. The number of nitrogens with zero attached hydrogens (tertiary/aromatic N) is 2. The van der Waals surface area contributed by atoms with E-state index >= 15 is 0 Å². The van der Waals surface area contributed by atoms with Crippen LogP contribution < -0.4 is 0 Å². The van der Waals surface area contributed by atoms with Gasteiger partial charge in [0.05, 0.1) is 24.3 Å². The van der Waals surface area contributed by atoms with Gasteiger partial charge in [-0.05, 0) is 23.8 Å². The van der Waals surface area contributed by atoms with Gasteiger partial charge in [-0.2, -0.15) is 0 Å². The summed E-state index contributed by atoms with van der Waals surface area (Å²) in [6, 6.07) is 9.10. The van der Waals surface area contributed by atoms with Gasteiger partial charge in [0.1, 0.15) is 12.2 Å². The summed E-state index contributed by atoms with van der Waals surface area (Å²) in [5.41, 5.74) is 1.90. The number of β-amino-alcohol motifs (C(OH)–C–C–N with tert-alkyl or cyclic N) is 1. The third-order valence-corrected chi connectivity index (χ3v) is 4.27. The van der Waals surface area contributed by atoms with Crippen LogP contribution >= 0.6 is 0 Å². The maximum absolute atomic E-state index is 10.0. The van der Waals surface area contributed by atoms with Crippen LogP contribution in [0.5, 0.6) is 0 Å². The number of rotatable bonds is 3. The number of hydrogen-bond donors (Lipinski definition) is 4. The van der Waals surface area contributed by atoms with Crippen molar-refractivity contribution in [2.75, 3.05) is 13.2 Å². The first-order valence-electron chi connectivity index (χ1n) is 7.33. The average Bonchev–Trinajstić information content (AvgIpc) is 2.53. The fourth-order valence-corrected chi connectivity index (χ4v) is 3.02. The van der Waals surface area contributed by atoms with Crippen molar-refractivity contribution in [3.63, 3.8) is 0 Å². The molecule has 0 radical (unpaired) electrons. The van der Waals surface area contributed by atoms with Crippen molar-refractivity contribution in [1.82, 2.24) is 9.88 Å². The molecule has 22 heavy (non-hydrogen) atoms. The summed E-state index contributed by atoms with van der Waals surface area (Å²) in [5, 5.41) is 40.1. The molecule has 6 nitrogen and oxygen atoms in total. The number of benzene rings is 1. The summed E-state index contributed by atoms with van der Waals surface area (Å²) < 4.78 is 0. The molecule has 2 heterocycles. The Bertz CT molecular complexity index is 651. The second-order valence-corrected chi connectivity index (χ2v) is 5.76. The molecule has 118 valence electrons. The van der Waals surface area contributed by atoms with Gasteiger partial charge in [0.25, 0.3) is 0 Å². The lowest BCUT2D eigenvalue weighted by Crippen LogP contribution is -2.62. The molecule has 1 fully saturated rings. The molecule has 4 unspecified atom stereocenters. The van der Waals surface area contributed by atoms with Gasteiger partial charge in [0, 0.05) is 24.7 Å². The Morgan fingerprint density at radius 3 is 2.73 bits per heavy atom. The van der Waals surface area contributed by atoms with Crippen molar-refractivity contribution >= 4 is 10.9 Å². The second-order valence-electron chi connectivity index (χ2n) is 5.76. The zero-order valence-corrected chi connectivity index (χ0v) is 12.1. The Balaban J connectivity index is 1.83. The topological polar surface area (TPSA) is 97.0 Å². The van der Waals surface area contributed by atoms with Crippen LogP contribution in [0.15, 0.2) is 36.5 Å². The van der Waals surface area contributed by atoms with E-state index < -0.39 is 24.4 Å². The smallest absolute Gasteiger partial charge is 0.109 e. The summed E-state index contributed by atoms with van der Waals surface area (Å²) >= 11 is 0. The maximum atomic E-state index is 10.0. The molecule has 1 aliphatic heterocycles. The number of hydrogen-bond acceptors (Lipinski definition) is 6. The predicted octanol–water partition coefficient (Wildman–Crippen LogP) is -0.506. The minimum atomic E-state index is -1.23. The zero-order chi connectivity index (χ0) is 15.7. The number of fused-ring (bicyclic) bond motifs is 1. The van der Waals surface area contributed by atoms with Gasteiger partial charge >= 0.3 is 0 Å². The van der Waals surface area contributed by atoms with Crippen LogP contribution in [-0.4, -0.2) is 67.8 Å². The minimum Gasteiger partial charge on any atom is -0.395 e. The molecule has 3 rings (SSSR count). The number of pyridine rings is 1. The monoisotopic (exact) mass is 304 g/mol. The molecule has 1 aromatic heterocycles. The molecule has 4 N–H and O–H groups in total.